The highest BCUT2D eigenvalue weighted by atomic mass is 32.1. The number of fused-ring (bicyclic) bond motifs is 2. The van der Waals surface area contributed by atoms with Crippen molar-refractivity contribution >= 4 is 44.5 Å². The molecule has 0 saturated carbocycles. The van der Waals surface area contributed by atoms with E-state index in [2.05, 4.69) is 33.8 Å². The van der Waals surface area contributed by atoms with Crippen molar-refractivity contribution in [1.82, 2.24) is 29.9 Å². The first kappa shape index (κ1) is 38.7. The smallest absolute Gasteiger partial charge is 0.135 e. The van der Waals surface area contributed by atoms with Gasteiger partial charge >= 0.3 is 0 Å². The topological polar surface area (TPSA) is 83.1 Å². The summed E-state index contributed by atoms with van der Waals surface area (Å²) in [6.07, 6.45) is 8.84. The van der Waals surface area contributed by atoms with Gasteiger partial charge in [-0.15, -0.1) is 22.7 Å². The number of H-pyrrole nitrogens is 2. The molecule has 4 aromatic carbocycles. The van der Waals surface area contributed by atoms with Crippen LogP contribution in [0.2, 0.25) is 0 Å². The summed E-state index contributed by atoms with van der Waals surface area (Å²) in [6, 6.07) is 31.0. The van der Waals surface area contributed by atoms with Gasteiger partial charge in [0.15, 0.2) is 0 Å². The van der Waals surface area contributed by atoms with Gasteiger partial charge in [-0.05, 0) is 97.8 Å². The number of aromatic nitrogens is 6. The van der Waals surface area contributed by atoms with Crippen LogP contribution in [-0.2, 0) is 12.8 Å². The van der Waals surface area contributed by atoms with Crippen molar-refractivity contribution in [2.75, 3.05) is 0 Å². The number of rotatable bonds is 8. The van der Waals surface area contributed by atoms with Crippen LogP contribution in [0.4, 0.5) is 17.6 Å². The minimum atomic E-state index is -0.587. The number of thiazole rings is 2. The van der Waals surface area contributed by atoms with Gasteiger partial charge in [0.2, 0.25) is 0 Å². The van der Waals surface area contributed by atoms with E-state index in [1.54, 1.807) is 47.2 Å². The lowest BCUT2D eigenvalue weighted by Crippen LogP contribution is -1.89. The summed E-state index contributed by atoms with van der Waals surface area (Å²) < 4.78 is 56.8. The highest BCUT2D eigenvalue weighted by Crippen LogP contribution is 2.38. The maximum atomic E-state index is 14.2. The summed E-state index contributed by atoms with van der Waals surface area (Å²) in [5.41, 5.74) is 8.18. The number of nitrogens with zero attached hydrogens (tertiary/aromatic N) is 4. The minimum absolute atomic E-state index is 0.0444. The second kappa shape index (κ2) is 16.5. The highest BCUT2D eigenvalue weighted by Gasteiger charge is 2.19. The van der Waals surface area contributed by atoms with Crippen molar-refractivity contribution in [1.29, 1.82) is 0 Å². The van der Waals surface area contributed by atoms with Crippen molar-refractivity contribution in [2.24, 2.45) is 0 Å². The first-order chi connectivity index (χ1) is 29.3. The Labute approximate surface area is 350 Å². The second-order valence-corrected chi connectivity index (χ2v) is 16.1. The lowest BCUT2D eigenvalue weighted by atomic mass is 10.1. The molecule has 0 saturated heterocycles. The predicted molar refractivity (Wildman–Crippen MR) is 235 cm³/mol. The van der Waals surface area contributed by atoms with Crippen LogP contribution < -0.4 is 0 Å². The molecule has 0 fully saturated rings. The van der Waals surface area contributed by atoms with E-state index in [0.29, 0.717) is 11.4 Å². The normalized spacial score (nSPS) is 11.3. The molecule has 0 aliphatic carbocycles. The van der Waals surface area contributed by atoms with Gasteiger partial charge in [-0.25, -0.2) is 27.5 Å². The third kappa shape index (κ3) is 7.51. The fourth-order valence-electron chi connectivity index (χ4n) is 7.20. The Morgan fingerprint density at radius 2 is 0.900 bits per heavy atom. The molecule has 0 amide bonds. The molecule has 0 spiro atoms. The van der Waals surface area contributed by atoms with E-state index in [1.165, 1.54) is 46.2 Å². The Morgan fingerprint density at radius 3 is 1.27 bits per heavy atom. The summed E-state index contributed by atoms with van der Waals surface area (Å²) in [5.74, 6) is -2.35. The Bertz CT molecular complexity index is 2880. The molecule has 6 heterocycles. The van der Waals surface area contributed by atoms with E-state index in [4.69, 9.17) is 9.97 Å². The Kier molecular flexibility index (Phi) is 10.6. The number of pyridine rings is 2. The lowest BCUT2D eigenvalue weighted by Gasteiger charge is -2.01. The van der Waals surface area contributed by atoms with Crippen LogP contribution in [0.25, 0.3) is 88.0 Å². The molecular formula is C48H34F4N6S2. The molecule has 6 nitrogen and oxygen atoms in total. The van der Waals surface area contributed by atoms with Gasteiger partial charge in [0.1, 0.15) is 33.3 Å². The average molecular weight is 835 g/mol. The number of aromatic amines is 2. The van der Waals surface area contributed by atoms with Gasteiger partial charge in [0.25, 0.3) is 0 Å². The van der Waals surface area contributed by atoms with Crippen LogP contribution in [0.3, 0.4) is 0 Å². The first-order valence-electron chi connectivity index (χ1n) is 19.2. The summed E-state index contributed by atoms with van der Waals surface area (Å²) >= 11 is 3.32. The van der Waals surface area contributed by atoms with E-state index in [0.717, 1.165) is 78.3 Å². The van der Waals surface area contributed by atoms with Crippen LogP contribution >= 0.6 is 22.7 Å². The highest BCUT2D eigenvalue weighted by molar-refractivity contribution is 7.15. The Hall–Kier alpha value is -6.76. The predicted octanol–water partition coefficient (Wildman–Crippen LogP) is 13.7. The molecular weight excluding hydrogens is 801 g/mol. The molecule has 12 heteroatoms. The molecule has 296 valence electrons. The first-order valence-corrected chi connectivity index (χ1v) is 20.9. The van der Waals surface area contributed by atoms with E-state index < -0.39 is 23.3 Å². The summed E-state index contributed by atoms with van der Waals surface area (Å²) in [5, 5.41) is 3.61. The van der Waals surface area contributed by atoms with Crippen molar-refractivity contribution in [3.8, 4) is 66.2 Å². The Balaban J connectivity index is 0.000000154. The second-order valence-electron chi connectivity index (χ2n) is 13.9. The van der Waals surface area contributed by atoms with E-state index in [1.807, 2.05) is 73.1 Å². The Morgan fingerprint density at radius 1 is 0.483 bits per heavy atom. The van der Waals surface area contributed by atoms with Crippen LogP contribution in [-0.4, -0.2) is 29.9 Å². The standard InChI is InChI=1S/2C24H17F2N3S/c2*1-2-21-23(29-24(30-21)15-5-4-10-27-13-15)14-8-9-19-16(11-14)12-20(28-19)22-17(25)6-3-7-18(22)26/h2*3-13,28H,2H2,1H3. The monoisotopic (exact) mass is 834 g/mol. The number of aryl methyl sites for hydroxylation is 2. The van der Waals surface area contributed by atoms with Crippen LogP contribution in [0.1, 0.15) is 23.6 Å². The zero-order valence-electron chi connectivity index (χ0n) is 32.2. The van der Waals surface area contributed by atoms with Gasteiger partial charge < -0.3 is 9.97 Å². The number of hydrogen-bond acceptors (Lipinski definition) is 6. The molecule has 6 aromatic heterocycles. The third-order valence-electron chi connectivity index (χ3n) is 10.1. The van der Waals surface area contributed by atoms with Crippen molar-refractivity contribution in [2.45, 2.75) is 26.7 Å². The van der Waals surface area contributed by atoms with Crippen LogP contribution in [0.5, 0.6) is 0 Å². The number of nitrogens with one attached hydrogen (secondary N) is 2. The summed E-state index contributed by atoms with van der Waals surface area (Å²) in [6.45, 7) is 4.22. The number of hydrogen-bond donors (Lipinski definition) is 2. The lowest BCUT2D eigenvalue weighted by molar-refractivity contribution is 0.588. The molecule has 10 rings (SSSR count). The molecule has 0 unspecified atom stereocenters. The van der Waals surface area contributed by atoms with E-state index in [-0.39, 0.29) is 11.1 Å². The van der Waals surface area contributed by atoms with Gasteiger partial charge in [-0.3, -0.25) is 9.97 Å². The van der Waals surface area contributed by atoms with Crippen molar-refractivity contribution in [3.63, 3.8) is 0 Å². The van der Waals surface area contributed by atoms with Gasteiger partial charge in [0.05, 0.1) is 33.9 Å². The van der Waals surface area contributed by atoms with Crippen LogP contribution in [0, 0.1) is 23.3 Å². The maximum Gasteiger partial charge on any atom is 0.135 e. The quantitative estimate of drug-likeness (QED) is 0.149. The molecule has 2 N–H and O–H groups in total. The fourth-order valence-corrected chi connectivity index (χ4v) is 9.23. The van der Waals surface area contributed by atoms with E-state index in [9.17, 15) is 17.6 Å². The molecule has 0 atom stereocenters. The molecule has 0 aliphatic rings. The molecule has 60 heavy (non-hydrogen) atoms. The molecule has 0 aliphatic heterocycles. The average Bonchev–Trinajstić information content (AvgIpc) is 4.08. The summed E-state index contributed by atoms with van der Waals surface area (Å²) in [7, 11) is 0. The van der Waals surface area contributed by atoms with Gasteiger partial charge in [-0.1, -0.05) is 38.1 Å². The number of halogens is 4. The SMILES string of the molecule is CCc1sc(-c2cccnc2)nc1-c1ccc2[nH]c(-c3c(F)cccc3F)cc2c1.CCc1sc(-c2cccnc2)nc1-c1ccc2[nH]c(-c3c(F)cccc3F)cc2c1. The van der Waals surface area contributed by atoms with Gasteiger partial charge in [0, 0.05) is 78.6 Å². The number of benzene rings is 4. The minimum Gasteiger partial charge on any atom is -0.354 e. The van der Waals surface area contributed by atoms with Crippen molar-refractivity contribution in [3.05, 3.63) is 167 Å². The van der Waals surface area contributed by atoms with E-state index >= 15 is 0 Å². The fraction of sp³-hybridized carbons (Fsp3) is 0.0833. The molecule has 10 aromatic rings. The summed E-state index contributed by atoms with van der Waals surface area (Å²) in [4.78, 5) is 26.7. The zero-order valence-corrected chi connectivity index (χ0v) is 33.9. The van der Waals surface area contributed by atoms with Gasteiger partial charge in [-0.2, -0.15) is 0 Å². The zero-order chi connectivity index (χ0) is 41.3. The maximum absolute atomic E-state index is 14.2. The third-order valence-corrected chi connectivity index (χ3v) is 12.6. The molecule has 0 radical (unpaired) electrons. The van der Waals surface area contributed by atoms with Crippen LogP contribution in [0.15, 0.2) is 134 Å². The largest absolute Gasteiger partial charge is 0.354 e. The molecule has 0 bridgehead atoms. The van der Waals surface area contributed by atoms with Crippen molar-refractivity contribution < 1.29 is 17.6 Å².